The summed E-state index contributed by atoms with van der Waals surface area (Å²) < 4.78 is 0. The van der Waals surface area contributed by atoms with Crippen molar-refractivity contribution >= 4 is 22.1 Å². The van der Waals surface area contributed by atoms with Crippen molar-refractivity contribution in [3.63, 3.8) is 0 Å². The number of thiophene rings is 1. The number of anilines is 1. The van der Waals surface area contributed by atoms with Gasteiger partial charge >= 0.3 is 0 Å². The van der Waals surface area contributed by atoms with Crippen LogP contribution in [0.4, 0.5) is 5.00 Å². The van der Waals surface area contributed by atoms with Crippen LogP contribution in [-0.2, 0) is 0 Å². The number of hydrogen-bond acceptors (Lipinski definition) is 3. The van der Waals surface area contributed by atoms with Gasteiger partial charge in [-0.1, -0.05) is 44.2 Å². The molecule has 0 bridgehead atoms. The molecular formula is C16H21NOS. The highest BCUT2D eigenvalue weighted by molar-refractivity contribution is 7.19. The van der Waals surface area contributed by atoms with Crippen molar-refractivity contribution in [2.45, 2.75) is 27.7 Å². The van der Waals surface area contributed by atoms with E-state index in [1.165, 1.54) is 0 Å². The van der Waals surface area contributed by atoms with E-state index in [1.807, 2.05) is 45.0 Å². The molecule has 0 aliphatic carbocycles. The van der Waals surface area contributed by atoms with Crippen LogP contribution >= 0.6 is 11.3 Å². The van der Waals surface area contributed by atoms with Crippen LogP contribution in [0.5, 0.6) is 0 Å². The topological polar surface area (TPSA) is 29.1 Å². The molecule has 0 spiro atoms. The fourth-order valence-corrected chi connectivity index (χ4v) is 2.87. The Morgan fingerprint density at radius 3 is 2.37 bits per heavy atom. The lowest BCUT2D eigenvalue weighted by molar-refractivity contribution is 0.101. The van der Waals surface area contributed by atoms with Crippen molar-refractivity contribution in [3.05, 3.63) is 42.0 Å². The van der Waals surface area contributed by atoms with E-state index < -0.39 is 0 Å². The molecule has 1 N–H and O–H groups in total. The molecule has 2 rings (SSSR count). The van der Waals surface area contributed by atoms with Gasteiger partial charge in [-0.3, -0.25) is 4.79 Å². The van der Waals surface area contributed by atoms with Crippen molar-refractivity contribution < 1.29 is 4.79 Å². The van der Waals surface area contributed by atoms with Crippen molar-refractivity contribution in [3.8, 4) is 10.4 Å². The first-order chi connectivity index (χ1) is 9.22. The van der Waals surface area contributed by atoms with E-state index >= 15 is 0 Å². The molecule has 0 fully saturated rings. The predicted octanol–water partition coefficient (Wildman–Crippen LogP) is 5.08. The molecule has 102 valence electrons. The minimum Gasteiger partial charge on any atom is -0.377 e. The van der Waals surface area contributed by atoms with Gasteiger partial charge in [-0.05, 0) is 25.5 Å². The minimum atomic E-state index is 0.111. The SMILES string of the molecule is CC.CCNc1sc(-c2ccccc2)cc1C(C)=O. The highest BCUT2D eigenvalue weighted by Gasteiger charge is 2.12. The Kier molecular flexibility index (Phi) is 6.30. The molecule has 2 nitrogen and oxygen atoms in total. The van der Waals surface area contributed by atoms with Crippen LogP contribution in [0.15, 0.2) is 36.4 Å². The van der Waals surface area contributed by atoms with Crippen LogP contribution in [0.25, 0.3) is 10.4 Å². The molecule has 1 heterocycles. The van der Waals surface area contributed by atoms with Crippen molar-refractivity contribution in [2.24, 2.45) is 0 Å². The fourth-order valence-electron chi connectivity index (χ4n) is 1.69. The maximum Gasteiger partial charge on any atom is 0.162 e. The number of nitrogens with one attached hydrogen (secondary N) is 1. The number of ketones is 1. The number of benzene rings is 1. The van der Waals surface area contributed by atoms with E-state index in [-0.39, 0.29) is 5.78 Å². The monoisotopic (exact) mass is 275 g/mol. The molecular weight excluding hydrogens is 254 g/mol. The Morgan fingerprint density at radius 2 is 1.84 bits per heavy atom. The molecule has 3 heteroatoms. The van der Waals surface area contributed by atoms with Crippen molar-refractivity contribution in [1.82, 2.24) is 0 Å². The summed E-state index contributed by atoms with van der Waals surface area (Å²) in [7, 11) is 0. The first-order valence-electron chi connectivity index (χ1n) is 6.66. The summed E-state index contributed by atoms with van der Waals surface area (Å²) in [5.41, 5.74) is 1.94. The molecule has 0 atom stereocenters. The van der Waals surface area contributed by atoms with Crippen molar-refractivity contribution in [2.75, 3.05) is 11.9 Å². The van der Waals surface area contributed by atoms with Crippen LogP contribution in [0.3, 0.4) is 0 Å². The summed E-state index contributed by atoms with van der Waals surface area (Å²) in [5.74, 6) is 0.111. The molecule has 1 aromatic heterocycles. The fraction of sp³-hybridized carbons (Fsp3) is 0.312. The molecule has 0 aliphatic heterocycles. The second-order valence-corrected chi connectivity index (χ2v) is 4.86. The summed E-state index contributed by atoms with van der Waals surface area (Å²) in [5, 5.41) is 4.22. The maximum atomic E-state index is 11.6. The third kappa shape index (κ3) is 3.93. The van der Waals surface area contributed by atoms with Gasteiger partial charge in [0.05, 0.1) is 10.6 Å². The van der Waals surface area contributed by atoms with Crippen LogP contribution in [0.2, 0.25) is 0 Å². The predicted molar refractivity (Wildman–Crippen MR) is 85.3 cm³/mol. The van der Waals surface area contributed by atoms with E-state index in [1.54, 1.807) is 18.3 Å². The van der Waals surface area contributed by atoms with Crippen LogP contribution in [-0.4, -0.2) is 12.3 Å². The molecule has 1 aromatic carbocycles. The van der Waals surface area contributed by atoms with Crippen LogP contribution in [0, 0.1) is 0 Å². The van der Waals surface area contributed by atoms with Gasteiger partial charge in [-0.25, -0.2) is 0 Å². The Labute approximate surface area is 119 Å². The zero-order valence-electron chi connectivity index (χ0n) is 12.0. The molecule has 0 saturated carbocycles. The summed E-state index contributed by atoms with van der Waals surface area (Å²) in [4.78, 5) is 12.7. The molecule has 19 heavy (non-hydrogen) atoms. The molecule has 0 unspecified atom stereocenters. The minimum absolute atomic E-state index is 0.111. The van der Waals surface area contributed by atoms with E-state index in [0.29, 0.717) is 0 Å². The first-order valence-corrected chi connectivity index (χ1v) is 7.48. The number of carbonyl (C=O) groups is 1. The summed E-state index contributed by atoms with van der Waals surface area (Å²) >= 11 is 1.63. The Balaban J connectivity index is 0.000000861. The maximum absolute atomic E-state index is 11.6. The Bertz CT molecular complexity index is 517. The van der Waals surface area contributed by atoms with E-state index in [0.717, 1.165) is 27.5 Å². The summed E-state index contributed by atoms with van der Waals surface area (Å²) in [6, 6.07) is 12.1. The normalized spacial score (nSPS) is 9.47. The standard InChI is InChI=1S/C14H15NOS.C2H6/c1-3-15-14-12(10(2)16)9-13(17-14)11-7-5-4-6-8-11;1-2/h4-9,15H,3H2,1-2H3;1-2H3. The highest BCUT2D eigenvalue weighted by atomic mass is 32.1. The summed E-state index contributed by atoms with van der Waals surface area (Å²) in [6.45, 7) is 8.47. The highest BCUT2D eigenvalue weighted by Crippen LogP contribution is 2.35. The number of hydrogen-bond donors (Lipinski definition) is 1. The Hall–Kier alpha value is -1.61. The smallest absolute Gasteiger partial charge is 0.162 e. The van der Waals surface area contributed by atoms with Gasteiger partial charge < -0.3 is 5.32 Å². The van der Waals surface area contributed by atoms with Gasteiger partial charge in [0, 0.05) is 11.4 Å². The average Bonchev–Trinajstić information content (AvgIpc) is 2.87. The van der Waals surface area contributed by atoms with Gasteiger partial charge in [-0.2, -0.15) is 0 Å². The second kappa shape index (κ2) is 7.74. The summed E-state index contributed by atoms with van der Waals surface area (Å²) in [6.07, 6.45) is 0. The lowest BCUT2D eigenvalue weighted by Crippen LogP contribution is -1.99. The lowest BCUT2D eigenvalue weighted by atomic mass is 10.1. The van der Waals surface area contributed by atoms with Gasteiger partial charge in [-0.15, -0.1) is 11.3 Å². The zero-order chi connectivity index (χ0) is 14.3. The number of Topliss-reactive ketones (excluding diaryl/α,β-unsaturated/α-hetero) is 1. The van der Waals surface area contributed by atoms with Crippen molar-refractivity contribution in [1.29, 1.82) is 0 Å². The van der Waals surface area contributed by atoms with E-state index in [9.17, 15) is 4.79 Å². The molecule has 2 aromatic rings. The van der Waals surface area contributed by atoms with Crippen LogP contribution < -0.4 is 5.32 Å². The van der Waals surface area contributed by atoms with Gasteiger partial charge in [0.1, 0.15) is 0 Å². The van der Waals surface area contributed by atoms with Gasteiger partial charge in [0.15, 0.2) is 5.78 Å². The third-order valence-corrected chi connectivity index (χ3v) is 3.65. The Morgan fingerprint density at radius 1 is 1.21 bits per heavy atom. The molecule has 0 amide bonds. The average molecular weight is 275 g/mol. The molecule has 0 saturated heterocycles. The lowest BCUT2D eigenvalue weighted by Gasteiger charge is -2.00. The third-order valence-electron chi connectivity index (χ3n) is 2.51. The second-order valence-electron chi connectivity index (χ2n) is 3.81. The zero-order valence-corrected chi connectivity index (χ0v) is 12.8. The van der Waals surface area contributed by atoms with E-state index in [2.05, 4.69) is 17.4 Å². The molecule has 0 aliphatic rings. The quantitative estimate of drug-likeness (QED) is 0.789. The van der Waals surface area contributed by atoms with E-state index in [4.69, 9.17) is 0 Å². The number of rotatable bonds is 4. The first kappa shape index (κ1) is 15.4. The largest absolute Gasteiger partial charge is 0.377 e. The number of carbonyl (C=O) groups excluding carboxylic acids is 1. The van der Waals surface area contributed by atoms with Crippen LogP contribution in [0.1, 0.15) is 38.1 Å². The van der Waals surface area contributed by atoms with Gasteiger partial charge in [0.2, 0.25) is 0 Å². The van der Waals surface area contributed by atoms with Gasteiger partial charge in [0.25, 0.3) is 0 Å². The molecule has 0 radical (unpaired) electrons.